The van der Waals surface area contributed by atoms with Crippen LogP contribution in [0.15, 0.2) is 26.7 Å². The van der Waals surface area contributed by atoms with Gasteiger partial charge < -0.3 is 29.5 Å². The number of aliphatic hydroxyl groups is 3. The summed E-state index contributed by atoms with van der Waals surface area (Å²) in [6.07, 6.45) is 0.990. The van der Waals surface area contributed by atoms with E-state index in [1.165, 1.54) is 19.3 Å². The van der Waals surface area contributed by atoms with Crippen LogP contribution in [0, 0.1) is 0 Å². The molecule has 2 atom stereocenters. The predicted octanol–water partition coefficient (Wildman–Crippen LogP) is 1.40. The molecule has 0 bridgehead atoms. The molecule has 1 heterocycles. The molecule has 0 spiro atoms. The van der Waals surface area contributed by atoms with Crippen LogP contribution in [-0.2, 0) is 16.1 Å². The van der Waals surface area contributed by atoms with Crippen molar-refractivity contribution >= 4 is 37.6 Å². The van der Waals surface area contributed by atoms with Crippen molar-refractivity contribution in [3.05, 3.63) is 32.2 Å². The summed E-state index contributed by atoms with van der Waals surface area (Å²) in [4.78, 5) is 12.6. The monoisotopic (exact) mass is 464 g/mol. The Balaban J connectivity index is 2.22. The first-order chi connectivity index (χ1) is 11.3. The van der Waals surface area contributed by atoms with Crippen LogP contribution < -0.4 is 9.47 Å². The second-order valence-electron chi connectivity index (χ2n) is 5.45. The van der Waals surface area contributed by atoms with E-state index >= 15 is 0 Å². The summed E-state index contributed by atoms with van der Waals surface area (Å²) in [6, 6.07) is 1.54. The van der Waals surface area contributed by atoms with Crippen molar-refractivity contribution in [2.45, 2.75) is 24.6 Å². The SMILES string of the molecule is CO[C@@]12Oc3c(cc(Br)c(Br)c3CO)O[C@@]1(O)CC(CO)=CC2=O. The summed E-state index contributed by atoms with van der Waals surface area (Å²) < 4.78 is 17.8. The molecule has 7 nitrogen and oxygen atoms in total. The number of ketones is 1. The van der Waals surface area contributed by atoms with E-state index in [0.29, 0.717) is 20.1 Å². The first-order valence-corrected chi connectivity index (χ1v) is 8.52. The van der Waals surface area contributed by atoms with Crippen LogP contribution in [0.25, 0.3) is 0 Å². The minimum absolute atomic E-state index is 0.0910. The Morgan fingerprint density at radius 1 is 1.29 bits per heavy atom. The van der Waals surface area contributed by atoms with Gasteiger partial charge in [0, 0.05) is 28.0 Å². The highest BCUT2D eigenvalue weighted by Gasteiger charge is 2.66. The number of ether oxygens (including phenoxy) is 3. The molecular formula is C15H14Br2O7. The van der Waals surface area contributed by atoms with Gasteiger partial charge in [-0.05, 0) is 49.6 Å². The smallest absolute Gasteiger partial charge is 0.342 e. The van der Waals surface area contributed by atoms with Crippen molar-refractivity contribution < 1.29 is 34.3 Å². The molecule has 1 aliphatic carbocycles. The van der Waals surface area contributed by atoms with E-state index in [4.69, 9.17) is 14.2 Å². The van der Waals surface area contributed by atoms with E-state index in [1.54, 1.807) is 0 Å². The molecule has 0 radical (unpaired) electrons. The highest BCUT2D eigenvalue weighted by molar-refractivity contribution is 9.13. The topological polar surface area (TPSA) is 105 Å². The number of fused-ring (bicyclic) bond motifs is 2. The molecule has 0 saturated carbocycles. The summed E-state index contributed by atoms with van der Waals surface area (Å²) in [7, 11) is 1.21. The maximum atomic E-state index is 12.6. The van der Waals surface area contributed by atoms with Crippen molar-refractivity contribution in [2.24, 2.45) is 0 Å². The van der Waals surface area contributed by atoms with Crippen LogP contribution in [-0.4, -0.2) is 46.4 Å². The third-order valence-corrected chi connectivity index (χ3v) is 6.11. The summed E-state index contributed by atoms with van der Waals surface area (Å²) in [6.45, 7) is -0.800. The van der Waals surface area contributed by atoms with E-state index < -0.39 is 30.6 Å². The molecule has 0 fully saturated rings. The molecule has 0 saturated heterocycles. The van der Waals surface area contributed by atoms with Gasteiger partial charge in [0.05, 0.1) is 13.2 Å². The second-order valence-corrected chi connectivity index (χ2v) is 7.09. The number of carbonyl (C=O) groups is 1. The van der Waals surface area contributed by atoms with Gasteiger partial charge in [0.2, 0.25) is 5.78 Å². The van der Waals surface area contributed by atoms with Gasteiger partial charge in [-0.1, -0.05) is 0 Å². The molecule has 2 aliphatic rings. The molecule has 0 unspecified atom stereocenters. The lowest BCUT2D eigenvalue weighted by atomic mass is 9.85. The third kappa shape index (κ3) is 2.34. The summed E-state index contributed by atoms with van der Waals surface area (Å²) >= 11 is 6.64. The van der Waals surface area contributed by atoms with Crippen molar-refractivity contribution in [1.82, 2.24) is 0 Å². The van der Waals surface area contributed by atoms with Crippen molar-refractivity contribution in [3.8, 4) is 11.5 Å². The van der Waals surface area contributed by atoms with E-state index in [0.717, 1.165) is 0 Å². The quantitative estimate of drug-likeness (QED) is 0.619. The molecule has 3 N–H and O–H groups in total. The number of halogens is 2. The molecule has 9 heteroatoms. The second kappa shape index (κ2) is 6.08. The highest BCUT2D eigenvalue weighted by atomic mass is 79.9. The van der Waals surface area contributed by atoms with Crippen LogP contribution in [0.5, 0.6) is 11.5 Å². The van der Waals surface area contributed by atoms with Crippen LogP contribution in [0.4, 0.5) is 0 Å². The van der Waals surface area contributed by atoms with E-state index in [2.05, 4.69) is 31.9 Å². The molecule has 24 heavy (non-hydrogen) atoms. The van der Waals surface area contributed by atoms with Crippen molar-refractivity contribution in [1.29, 1.82) is 0 Å². The number of rotatable bonds is 3. The molecule has 1 aliphatic heterocycles. The van der Waals surface area contributed by atoms with Crippen molar-refractivity contribution in [2.75, 3.05) is 13.7 Å². The van der Waals surface area contributed by atoms with Crippen molar-refractivity contribution in [3.63, 3.8) is 0 Å². The molecule has 3 rings (SSSR count). The van der Waals surface area contributed by atoms with Gasteiger partial charge in [0.15, 0.2) is 11.5 Å². The van der Waals surface area contributed by atoms with Crippen LogP contribution in [0.3, 0.4) is 0 Å². The van der Waals surface area contributed by atoms with Crippen LogP contribution >= 0.6 is 31.9 Å². The summed E-state index contributed by atoms with van der Waals surface area (Å²) in [5.41, 5.74) is 0.628. The lowest BCUT2D eigenvalue weighted by Crippen LogP contribution is -2.70. The fourth-order valence-corrected chi connectivity index (χ4v) is 3.74. The molecule has 1 aromatic carbocycles. The highest BCUT2D eigenvalue weighted by Crippen LogP contribution is 2.52. The van der Waals surface area contributed by atoms with E-state index in [1.807, 2.05) is 0 Å². The Bertz CT molecular complexity index is 748. The van der Waals surface area contributed by atoms with Gasteiger partial charge in [-0.25, -0.2) is 0 Å². The Morgan fingerprint density at radius 2 is 2.00 bits per heavy atom. The number of benzene rings is 1. The number of hydrogen-bond donors (Lipinski definition) is 3. The summed E-state index contributed by atoms with van der Waals surface area (Å²) in [5, 5.41) is 29.9. The lowest BCUT2D eigenvalue weighted by Gasteiger charge is -2.49. The largest absolute Gasteiger partial charge is 0.451 e. The maximum absolute atomic E-state index is 12.6. The van der Waals surface area contributed by atoms with Gasteiger partial charge >= 0.3 is 5.79 Å². The van der Waals surface area contributed by atoms with Crippen LogP contribution in [0.2, 0.25) is 0 Å². The van der Waals surface area contributed by atoms with Gasteiger partial charge in [-0.3, -0.25) is 4.79 Å². The predicted molar refractivity (Wildman–Crippen MR) is 88.5 cm³/mol. The Labute approximate surface area is 154 Å². The normalized spacial score (nSPS) is 28.4. The Morgan fingerprint density at radius 3 is 2.58 bits per heavy atom. The van der Waals surface area contributed by atoms with E-state index in [9.17, 15) is 20.1 Å². The lowest BCUT2D eigenvalue weighted by molar-refractivity contribution is -0.333. The minimum atomic E-state index is -2.15. The maximum Gasteiger partial charge on any atom is 0.342 e. The average molecular weight is 466 g/mol. The van der Waals surface area contributed by atoms with Gasteiger partial charge in [-0.2, -0.15) is 0 Å². The van der Waals surface area contributed by atoms with Gasteiger partial charge in [-0.15, -0.1) is 0 Å². The standard InChI is InChI=1S/C15H14Br2O7/c1-22-15-11(20)2-7(5-18)4-14(15,21)23-10-3-9(16)12(17)8(6-19)13(10)24-15/h2-3,18-19,21H,4-6H2,1H3/t14-,15-/m0/s1. The minimum Gasteiger partial charge on any atom is -0.451 e. The Hall–Kier alpha value is -0.970. The number of methoxy groups -OCH3 is 1. The first kappa shape index (κ1) is 17.8. The summed E-state index contributed by atoms with van der Waals surface area (Å²) in [5.74, 6) is -4.75. The zero-order valence-electron chi connectivity index (χ0n) is 12.5. The fraction of sp³-hybridized carbons (Fsp3) is 0.400. The van der Waals surface area contributed by atoms with Gasteiger partial charge in [0.1, 0.15) is 0 Å². The molecule has 130 valence electrons. The van der Waals surface area contributed by atoms with Gasteiger partial charge in [0.25, 0.3) is 5.79 Å². The zero-order valence-corrected chi connectivity index (χ0v) is 15.7. The number of hydrogen-bond acceptors (Lipinski definition) is 7. The number of carbonyl (C=O) groups excluding carboxylic acids is 1. The molecular weight excluding hydrogens is 452 g/mol. The van der Waals surface area contributed by atoms with E-state index in [-0.39, 0.29) is 17.9 Å². The molecule has 0 aromatic heterocycles. The zero-order chi connectivity index (χ0) is 17.7. The first-order valence-electron chi connectivity index (χ1n) is 6.94. The average Bonchev–Trinajstić information content (AvgIpc) is 2.54. The van der Waals surface area contributed by atoms with Crippen LogP contribution in [0.1, 0.15) is 12.0 Å². The third-order valence-electron chi connectivity index (χ3n) is 4.04. The Kier molecular flexibility index (Phi) is 4.52. The molecule has 1 aromatic rings. The molecule has 0 amide bonds. The number of aliphatic hydroxyl groups excluding tert-OH is 2. The fourth-order valence-electron chi connectivity index (χ4n) is 2.88.